The average molecular weight is 432 g/mol. The normalized spacial score (nSPS) is 18.3. The van der Waals surface area contributed by atoms with Gasteiger partial charge in [-0.15, -0.1) is 0 Å². The Balaban J connectivity index is 1.65. The van der Waals surface area contributed by atoms with E-state index in [1.165, 1.54) is 6.07 Å². The van der Waals surface area contributed by atoms with Crippen molar-refractivity contribution in [3.63, 3.8) is 0 Å². The minimum absolute atomic E-state index is 0.0397. The van der Waals surface area contributed by atoms with E-state index < -0.39 is 12.0 Å². The Morgan fingerprint density at radius 1 is 1.03 bits per heavy atom. The van der Waals surface area contributed by atoms with Gasteiger partial charge >= 0.3 is 0 Å². The lowest BCUT2D eigenvalue weighted by atomic mass is 9.83. The average Bonchev–Trinajstić information content (AvgIpc) is 2.84. The van der Waals surface area contributed by atoms with Crippen molar-refractivity contribution in [1.82, 2.24) is 5.32 Å². The van der Waals surface area contributed by atoms with Crippen LogP contribution in [-0.4, -0.2) is 18.9 Å². The summed E-state index contributed by atoms with van der Waals surface area (Å²) >= 11 is 0. The highest BCUT2D eigenvalue weighted by atomic mass is 19.1. The molecule has 0 saturated carbocycles. The fourth-order valence-electron chi connectivity index (χ4n) is 4.20. The Labute approximate surface area is 186 Å². The van der Waals surface area contributed by atoms with Gasteiger partial charge in [0.25, 0.3) is 0 Å². The maximum atomic E-state index is 14.0. The molecule has 1 saturated heterocycles. The summed E-state index contributed by atoms with van der Waals surface area (Å²) in [6.45, 7) is 0.0972. The van der Waals surface area contributed by atoms with Crippen LogP contribution in [0.25, 0.3) is 0 Å². The van der Waals surface area contributed by atoms with E-state index in [4.69, 9.17) is 4.74 Å². The molecule has 6 heteroatoms. The van der Waals surface area contributed by atoms with Crippen LogP contribution in [0.2, 0.25) is 0 Å². The predicted octanol–water partition coefficient (Wildman–Crippen LogP) is 4.64. The van der Waals surface area contributed by atoms with Crippen LogP contribution in [0, 0.1) is 11.7 Å². The molecule has 0 bridgehead atoms. The van der Waals surface area contributed by atoms with Gasteiger partial charge in [0.2, 0.25) is 11.8 Å². The third-order valence-corrected chi connectivity index (χ3v) is 5.84. The first kappa shape index (κ1) is 21.6. The molecule has 2 amide bonds. The molecular formula is C26H25FN2O3. The number of benzene rings is 3. The molecule has 0 unspecified atom stereocenters. The lowest BCUT2D eigenvalue weighted by molar-refractivity contribution is -0.129. The lowest BCUT2D eigenvalue weighted by Crippen LogP contribution is -2.48. The van der Waals surface area contributed by atoms with Gasteiger partial charge in [-0.05, 0) is 42.3 Å². The first-order valence-corrected chi connectivity index (χ1v) is 10.6. The maximum Gasteiger partial charge on any atom is 0.227 e. The molecule has 164 valence electrons. The molecule has 1 fully saturated rings. The van der Waals surface area contributed by atoms with Gasteiger partial charge in [-0.1, -0.05) is 48.5 Å². The Hall–Kier alpha value is -3.67. The number of rotatable bonds is 6. The minimum Gasteiger partial charge on any atom is -0.497 e. The Bertz CT molecular complexity index is 1090. The molecule has 1 heterocycles. The quantitative estimate of drug-likeness (QED) is 0.618. The summed E-state index contributed by atoms with van der Waals surface area (Å²) in [5.41, 5.74) is 2.01. The molecule has 0 spiro atoms. The van der Waals surface area contributed by atoms with Gasteiger partial charge in [0.15, 0.2) is 0 Å². The number of carbonyl (C=O) groups excluding carboxylic acids is 2. The largest absolute Gasteiger partial charge is 0.497 e. The number of amides is 2. The highest BCUT2D eigenvalue weighted by Crippen LogP contribution is 2.40. The molecule has 0 radical (unpaired) electrons. The van der Waals surface area contributed by atoms with Gasteiger partial charge in [0.05, 0.1) is 19.1 Å². The molecule has 0 aliphatic carbocycles. The first-order chi connectivity index (χ1) is 15.6. The molecule has 3 aromatic carbocycles. The number of hydrogen-bond donors (Lipinski definition) is 1. The highest BCUT2D eigenvalue weighted by molar-refractivity contribution is 5.97. The standard InChI is InChI=1S/C26H25FN2O3/c1-32-21-13-11-20(12-14-21)29-24(30)16-15-22(25(29)18-7-3-2-4-8-18)26(31)28-17-19-9-5-6-10-23(19)27/h2-14,22,25H,15-17H2,1H3,(H,28,31)/t22-,25+/m1/s1. The van der Waals surface area contributed by atoms with Gasteiger partial charge in [-0.25, -0.2) is 4.39 Å². The number of hydrogen-bond acceptors (Lipinski definition) is 3. The fraction of sp³-hybridized carbons (Fsp3) is 0.231. The molecule has 1 N–H and O–H groups in total. The molecule has 2 atom stereocenters. The van der Waals surface area contributed by atoms with Crippen LogP contribution in [0.1, 0.15) is 30.0 Å². The zero-order valence-electron chi connectivity index (χ0n) is 17.8. The summed E-state index contributed by atoms with van der Waals surface area (Å²) in [5.74, 6) is -0.376. The Morgan fingerprint density at radius 2 is 1.72 bits per heavy atom. The molecule has 4 rings (SSSR count). The van der Waals surface area contributed by atoms with Crippen molar-refractivity contribution in [2.75, 3.05) is 12.0 Å². The van der Waals surface area contributed by atoms with Crippen molar-refractivity contribution < 1.29 is 18.7 Å². The van der Waals surface area contributed by atoms with Crippen LogP contribution in [0.3, 0.4) is 0 Å². The number of anilines is 1. The van der Waals surface area contributed by atoms with Crippen LogP contribution < -0.4 is 15.0 Å². The minimum atomic E-state index is -0.469. The topological polar surface area (TPSA) is 58.6 Å². The van der Waals surface area contributed by atoms with Crippen LogP contribution >= 0.6 is 0 Å². The van der Waals surface area contributed by atoms with Crippen LogP contribution in [0.4, 0.5) is 10.1 Å². The second-order valence-corrected chi connectivity index (χ2v) is 7.77. The molecule has 5 nitrogen and oxygen atoms in total. The van der Waals surface area contributed by atoms with Crippen molar-refractivity contribution in [3.05, 3.63) is 95.8 Å². The van der Waals surface area contributed by atoms with Crippen LogP contribution in [-0.2, 0) is 16.1 Å². The Morgan fingerprint density at radius 3 is 2.41 bits per heavy atom. The van der Waals surface area contributed by atoms with Crippen molar-refractivity contribution in [2.24, 2.45) is 5.92 Å². The third kappa shape index (κ3) is 4.49. The van der Waals surface area contributed by atoms with E-state index in [2.05, 4.69) is 5.32 Å². The van der Waals surface area contributed by atoms with E-state index in [1.54, 1.807) is 42.3 Å². The number of methoxy groups -OCH3 is 1. The van der Waals surface area contributed by atoms with Gasteiger partial charge in [-0.3, -0.25) is 9.59 Å². The summed E-state index contributed by atoms with van der Waals surface area (Å²) in [7, 11) is 1.59. The molecule has 32 heavy (non-hydrogen) atoms. The van der Waals surface area contributed by atoms with E-state index in [0.29, 0.717) is 23.4 Å². The molecule has 3 aromatic rings. The number of nitrogens with one attached hydrogen (secondary N) is 1. The summed E-state index contributed by atoms with van der Waals surface area (Å²) in [5, 5.41) is 2.88. The maximum absolute atomic E-state index is 14.0. The van der Waals surface area contributed by atoms with Crippen molar-refractivity contribution in [1.29, 1.82) is 0 Å². The van der Waals surface area contributed by atoms with Crippen LogP contribution in [0.5, 0.6) is 5.75 Å². The first-order valence-electron chi connectivity index (χ1n) is 10.6. The van der Waals surface area contributed by atoms with Gasteiger partial charge in [-0.2, -0.15) is 0 Å². The molecule has 1 aliphatic heterocycles. The SMILES string of the molecule is COc1ccc(N2C(=O)CC[C@@H](C(=O)NCc3ccccc3F)[C@@H]2c2ccccc2)cc1. The number of ether oxygens (including phenoxy) is 1. The predicted molar refractivity (Wildman–Crippen MR) is 121 cm³/mol. The van der Waals surface area contributed by atoms with Crippen LogP contribution in [0.15, 0.2) is 78.9 Å². The zero-order valence-corrected chi connectivity index (χ0v) is 17.8. The van der Waals surface area contributed by atoms with Gasteiger partial charge in [0, 0.05) is 24.2 Å². The molecular weight excluding hydrogens is 407 g/mol. The molecule has 0 aromatic heterocycles. The zero-order chi connectivity index (χ0) is 22.5. The second kappa shape index (κ2) is 9.64. The van der Waals surface area contributed by atoms with E-state index in [9.17, 15) is 14.0 Å². The molecule has 1 aliphatic rings. The number of carbonyl (C=O) groups is 2. The third-order valence-electron chi connectivity index (χ3n) is 5.84. The Kier molecular flexibility index (Phi) is 6.50. The van der Waals surface area contributed by atoms with E-state index in [-0.39, 0.29) is 30.6 Å². The summed E-state index contributed by atoms with van der Waals surface area (Å²) in [4.78, 5) is 28.0. The monoisotopic (exact) mass is 432 g/mol. The lowest BCUT2D eigenvalue weighted by Gasteiger charge is -2.41. The van der Waals surface area contributed by atoms with Crippen molar-refractivity contribution >= 4 is 17.5 Å². The van der Waals surface area contributed by atoms with E-state index in [0.717, 1.165) is 5.56 Å². The number of piperidine rings is 1. The van der Waals surface area contributed by atoms with Gasteiger partial charge in [0.1, 0.15) is 11.6 Å². The van der Waals surface area contributed by atoms with E-state index in [1.807, 2.05) is 42.5 Å². The van der Waals surface area contributed by atoms with Gasteiger partial charge < -0.3 is 15.0 Å². The summed E-state index contributed by atoms with van der Waals surface area (Å²) in [6.07, 6.45) is 0.682. The highest BCUT2D eigenvalue weighted by Gasteiger charge is 2.41. The number of nitrogens with zero attached hydrogens (tertiary/aromatic N) is 1. The number of halogens is 1. The smallest absolute Gasteiger partial charge is 0.227 e. The van der Waals surface area contributed by atoms with E-state index >= 15 is 0 Å². The summed E-state index contributed by atoms with van der Waals surface area (Å²) in [6, 6.07) is 22.7. The van der Waals surface area contributed by atoms with Crippen molar-refractivity contribution in [3.8, 4) is 5.75 Å². The second-order valence-electron chi connectivity index (χ2n) is 7.77. The summed E-state index contributed by atoms with van der Waals surface area (Å²) < 4.78 is 19.2. The van der Waals surface area contributed by atoms with Crippen molar-refractivity contribution in [2.45, 2.75) is 25.4 Å². The fourth-order valence-corrected chi connectivity index (χ4v) is 4.20.